The lowest BCUT2D eigenvalue weighted by Gasteiger charge is -2.03. The fourth-order valence-electron chi connectivity index (χ4n) is 1.37. The van der Waals surface area contributed by atoms with Gasteiger partial charge in [-0.1, -0.05) is 0 Å². The molecule has 0 radical (unpaired) electrons. The predicted molar refractivity (Wildman–Crippen MR) is 57.5 cm³/mol. The van der Waals surface area contributed by atoms with Crippen LogP contribution in [0.2, 0.25) is 0 Å². The lowest BCUT2D eigenvalue weighted by atomic mass is 10.3. The van der Waals surface area contributed by atoms with E-state index in [2.05, 4.69) is 10.4 Å². The first-order chi connectivity index (χ1) is 6.74. The van der Waals surface area contributed by atoms with Gasteiger partial charge in [0.05, 0.1) is 11.4 Å². The number of unbranched alkanes of at least 4 members (excludes halogenated alkanes) is 1. The third kappa shape index (κ3) is 3.38. The average molecular weight is 197 g/mol. The molecule has 0 atom stereocenters. The van der Waals surface area contributed by atoms with E-state index in [-0.39, 0.29) is 0 Å². The molecule has 0 unspecified atom stereocenters. The molecular formula is C10H19N3O. The number of nitrogens with zero attached hydrogens (tertiary/aromatic N) is 2. The smallest absolute Gasteiger partial charge is 0.0824 e. The third-order valence-corrected chi connectivity index (χ3v) is 2.10. The first kappa shape index (κ1) is 11.0. The summed E-state index contributed by atoms with van der Waals surface area (Å²) in [6, 6.07) is 0. The SMILES string of the molecule is COCCCCNc1cn(C)nc1C. The molecular weight excluding hydrogens is 178 g/mol. The molecule has 1 rings (SSSR count). The van der Waals surface area contributed by atoms with E-state index in [0.29, 0.717) is 0 Å². The van der Waals surface area contributed by atoms with Gasteiger partial charge in [-0.2, -0.15) is 5.10 Å². The summed E-state index contributed by atoms with van der Waals surface area (Å²) < 4.78 is 6.80. The quantitative estimate of drug-likeness (QED) is 0.703. The molecule has 0 fully saturated rings. The Balaban J connectivity index is 2.21. The standard InChI is InChI=1S/C10H19N3O/c1-9-10(8-13(2)12-9)11-6-4-5-7-14-3/h8,11H,4-7H2,1-3H3. The zero-order chi connectivity index (χ0) is 10.4. The maximum Gasteiger partial charge on any atom is 0.0824 e. The number of methoxy groups -OCH3 is 1. The van der Waals surface area contributed by atoms with Crippen molar-refractivity contribution in [2.24, 2.45) is 7.05 Å². The molecule has 0 aliphatic rings. The van der Waals surface area contributed by atoms with Gasteiger partial charge < -0.3 is 10.1 Å². The Labute approximate surface area is 85.3 Å². The van der Waals surface area contributed by atoms with Crippen molar-refractivity contribution in [2.45, 2.75) is 19.8 Å². The monoisotopic (exact) mass is 197 g/mol. The van der Waals surface area contributed by atoms with Crippen LogP contribution in [0.25, 0.3) is 0 Å². The molecule has 80 valence electrons. The second-order valence-corrected chi connectivity index (χ2v) is 3.43. The van der Waals surface area contributed by atoms with E-state index < -0.39 is 0 Å². The van der Waals surface area contributed by atoms with E-state index in [0.717, 1.165) is 37.4 Å². The highest BCUT2D eigenvalue weighted by atomic mass is 16.5. The highest BCUT2D eigenvalue weighted by molar-refractivity contribution is 5.45. The number of nitrogens with one attached hydrogen (secondary N) is 1. The van der Waals surface area contributed by atoms with Crippen LogP contribution in [0.4, 0.5) is 5.69 Å². The number of aromatic nitrogens is 2. The Morgan fingerprint density at radius 3 is 2.86 bits per heavy atom. The predicted octanol–water partition coefficient (Wildman–Crippen LogP) is 1.57. The Hall–Kier alpha value is -1.03. The van der Waals surface area contributed by atoms with Gasteiger partial charge in [0.1, 0.15) is 0 Å². The van der Waals surface area contributed by atoms with Crippen molar-refractivity contribution in [3.8, 4) is 0 Å². The van der Waals surface area contributed by atoms with Crippen LogP contribution < -0.4 is 5.32 Å². The van der Waals surface area contributed by atoms with Gasteiger partial charge in [0.2, 0.25) is 0 Å². The maximum absolute atomic E-state index is 4.98. The second-order valence-electron chi connectivity index (χ2n) is 3.43. The van der Waals surface area contributed by atoms with Gasteiger partial charge in [0.15, 0.2) is 0 Å². The first-order valence-electron chi connectivity index (χ1n) is 4.97. The first-order valence-corrected chi connectivity index (χ1v) is 4.97. The molecule has 1 heterocycles. The van der Waals surface area contributed by atoms with Crippen molar-refractivity contribution in [2.75, 3.05) is 25.6 Å². The van der Waals surface area contributed by atoms with E-state index in [9.17, 15) is 0 Å². The topological polar surface area (TPSA) is 39.1 Å². The third-order valence-electron chi connectivity index (χ3n) is 2.10. The molecule has 1 aromatic rings. The van der Waals surface area contributed by atoms with E-state index in [1.165, 1.54) is 0 Å². The van der Waals surface area contributed by atoms with Crippen LogP contribution in [0.3, 0.4) is 0 Å². The number of ether oxygens (including phenoxy) is 1. The highest BCUT2D eigenvalue weighted by Gasteiger charge is 2.00. The Kier molecular flexibility index (Phi) is 4.46. The van der Waals surface area contributed by atoms with Crippen molar-refractivity contribution in [3.05, 3.63) is 11.9 Å². The molecule has 0 amide bonds. The number of rotatable bonds is 6. The summed E-state index contributed by atoms with van der Waals surface area (Å²) in [5.74, 6) is 0. The fraction of sp³-hybridized carbons (Fsp3) is 0.700. The van der Waals surface area contributed by atoms with Crippen LogP contribution in [-0.2, 0) is 11.8 Å². The molecule has 0 bridgehead atoms. The highest BCUT2D eigenvalue weighted by Crippen LogP contribution is 2.10. The lowest BCUT2D eigenvalue weighted by Crippen LogP contribution is -2.03. The van der Waals surface area contributed by atoms with Gasteiger partial charge in [0, 0.05) is 33.5 Å². The van der Waals surface area contributed by atoms with Crippen molar-refractivity contribution < 1.29 is 4.74 Å². The molecule has 1 N–H and O–H groups in total. The summed E-state index contributed by atoms with van der Waals surface area (Å²) in [6.07, 6.45) is 4.23. The number of anilines is 1. The van der Waals surface area contributed by atoms with Crippen LogP contribution in [0.1, 0.15) is 18.5 Å². The molecule has 4 nitrogen and oxygen atoms in total. The van der Waals surface area contributed by atoms with Crippen molar-refractivity contribution in [3.63, 3.8) is 0 Å². The van der Waals surface area contributed by atoms with Crippen LogP contribution in [0.15, 0.2) is 6.20 Å². The Morgan fingerprint density at radius 1 is 1.50 bits per heavy atom. The normalized spacial score (nSPS) is 10.5. The minimum Gasteiger partial charge on any atom is -0.385 e. The van der Waals surface area contributed by atoms with Gasteiger partial charge in [-0.15, -0.1) is 0 Å². The summed E-state index contributed by atoms with van der Waals surface area (Å²) >= 11 is 0. The summed E-state index contributed by atoms with van der Waals surface area (Å²) in [4.78, 5) is 0. The van der Waals surface area contributed by atoms with E-state index >= 15 is 0 Å². The van der Waals surface area contributed by atoms with Gasteiger partial charge in [-0.3, -0.25) is 4.68 Å². The minimum atomic E-state index is 0.841. The average Bonchev–Trinajstić information content (AvgIpc) is 2.45. The molecule has 1 aromatic heterocycles. The zero-order valence-electron chi connectivity index (χ0n) is 9.21. The van der Waals surface area contributed by atoms with Crippen LogP contribution >= 0.6 is 0 Å². The summed E-state index contributed by atoms with van der Waals surface area (Å²) in [6.45, 7) is 3.83. The van der Waals surface area contributed by atoms with Crippen molar-refractivity contribution in [1.29, 1.82) is 0 Å². The van der Waals surface area contributed by atoms with Crippen molar-refractivity contribution >= 4 is 5.69 Å². The molecule has 14 heavy (non-hydrogen) atoms. The number of aryl methyl sites for hydroxylation is 2. The van der Waals surface area contributed by atoms with Gasteiger partial charge in [-0.05, 0) is 19.8 Å². The zero-order valence-corrected chi connectivity index (χ0v) is 9.21. The van der Waals surface area contributed by atoms with Gasteiger partial charge in [0.25, 0.3) is 0 Å². The number of hydrogen-bond acceptors (Lipinski definition) is 3. The van der Waals surface area contributed by atoms with Crippen LogP contribution in [-0.4, -0.2) is 30.0 Å². The van der Waals surface area contributed by atoms with E-state index in [4.69, 9.17) is 4.74 Å². The summed E-state index contributed by atoms with van der Waals surface area (Å²) in [5, 5.41) is 7.61. The fourth-order valence-corrected chi connectivity index (χ4v) is 1.37. The van der Waals surface area contributed by atoms with Crippen LogP contribution in [0.5, 0.6) is 0 Å². The Bertz CT molecular complexity index is 270. The Morgan fingerprint density at radius 2 is 2.29 bits per heavy atom. The largest absolute Gasteiger partial charge is 0.385 e. The molecule has 0 aliphatic heterocycles. The molecule has 0 saturated heterocycles. The van der Waals surface area contributed by atoms with E-state index in [1.807, 2.05) is 24.9 Å². The second kappa shape index (κ2) is 5.65. The maximum atomic E-state index is 4.98. The van der Waals surface area contributed by atoms with E-state index in [1.54, 1.807) is 7.11 Å². The summed E-state index contributed by atoms with van der Waals surface area (Å²) in [5.41, 5.74) is 2.18. The van der Waals surface area contributed by atoms with Crippen LogP contribution in [0, 0.1) is 6.92 Å². The lowest BCUT2D eigenvalue weighted by molar-refractivity contribution is 0.194. The molecule has 0 spiro atoms. The minimum absolute atomic E-state index is 0.841. The molecule has 4 heteroatoms. The summed E-state index contributed by atoms with van der Waals surface area (Å²) in [7, 11) is 3.67. The molecule has 0 saturated carbocycles. The number of hydrogen-bond donors (Lipinski definition) is 1. The molecule has 0 aliphatic carbocycles. The van der Waals surface area contributed by atoms with Gasteiger partial charge in [-0.25, -0.2) is 0 Å². The van der Waals surface area contributed by atoms with Gasteiger partial charge >= 0.3 is 0 Å². The van der Waals surface area contributed by atoms with Crippen molar-refractivity contribution in [1.82, 2.24) is 9.78 Å². The molecule has 0 aromatic carbocycles.